The fourth-order valence-electron chi connectivity index (χ4n) is 1.65. The Bertz CT molecular complexity index is 287. The van der Waals surface area contributed by atoms with E-state index in [0.717, 1.165) is 6.42 Å². The molecule has 0 saturated carbocycles. The normalized spacial score (nSPS) is 30.9. The van der Waals surface area contributed by atoms with Crippen LogP contribution in [0.3, 0.4) is 0 Å². The fraction of sp³-hybridized carbons (Fsp3) is 1.00. The highest BCUT2D eigenvalue weighted by Gasteiger charge is 2.32. The van der Waals surface area contributed by atoms with Gasteiger partial charge in [0.1, 0.15) is 0 Å². The molecule has 4 nitrogen and oxygen atoms in total. The number of hydrogen-bond donors (Lipinski definition) is 1. The van der Waals surface area contributed by atoms with Crippen LogP contribution >= 0.6 is 0 Å². The van der Waals surface area contributed by atoms with Crippen molar-refractivity contribution < 1.29 is 8.42 Å². The van der Waals surface area contributed by atoms with Gasteiger partial charge in [-0.2, -0.15) is 0 Å². The van der Waals surface area contributed by atoms with E-state index in [1.54, 1.807) is 18.2 Å². The lowest BCUT2D eigenvalue weighted by Gasteiger charge is -2.35. The first-order valence-corrected chi connectivity index (χ1v) is 6.60. The Balaban J connectivity index is 2.73. The summed E-state index contributed by atoms with van der Waals surface area (Å²) in [6.07, 6.45) is 0.771. The Kier molecular flexibility index (Phi) is 3.55. The van der Waals surface area contributed by atoms with Crippen molar-refractivity contribution in [1.82, 2.24) is 4.31 Å². The maximum absolute atomic E-state index is 11.8. The number of hydrogen-bond acceptors (Lipinski definition) is 3. The molecule has 0 aliphatic carbocycles. The van der Waals surface area contributed by atoms with Crippen LogP contribution in [0.2, 0.25) is 0 Å². The summed E-state index contributed by atoms with van der Waals surface area (Å²) in [5.41, 5.74) is 5.84. The second kappa shape index (κ2) is 4.16. The number of nitrogens with two attached hydrogens (primary N) is 1. The van der Waals surface area contributed by atoms with Crippen molar-refractivity contribution >= 4 is 10.0 Å². The van der Waals surface area contributed by atoms with Crippen LogP contribution in [0, 0.1) is 5.92 Å². The zero-order valence-electron chi connectivity index (χ0n) is 9.10. The highest BCUT2D eigenvalue weighted by Crippen LogP contribution is 2.19. The van der Waals surface area contributed by atoms with Crippen LogP contribution in [-0.4, -0.2) is 37.1 Å². The molecule has 0 amide bonds. The van der Waals surface area contributed by atoms with Crippen molar-refractivity contribution in [3.05, 3.63) is 0 Å². The van der Waals surface area contributed by atoms with Crippen molar-refractivity contribution in [2.24, 2.45) is 11.7 Å². The molecule has 84 valence electrons. The predicted octanol–water partition coefficient (Wildman–Crippen LogP) is 0.394. The quantitative estimate of drug-likeness (QED) is 0.732. The number of sulfonamides is 1. The zero-order chi connectivity index (χ0) is 10.9. The highest BCUT2D eigenvalue weighted by molar-refractivity contribution is 7.89. The summed E-state index contributed by atoms with van der Waals surface area (Å²) in [5, 5.41) is -0.330. The molecule has 0 radical (unpaired) electrons. The Morgan fingerprint density at radius 1 is 1.43 bits per heavy atom. The molecule has 1 heterocycles. The fourth-order valence-corrected chi connectivity index (χ4v) is 3.05. The summed E-state index contributed by atoms with van der Waals surface area (Å²) < 4.78 is 25.2. The van der Waals surface area contributed by atoms with Crippen LogP contribution in [0.1, 0.15) is 27.2 Å². The maximum Gasteiger partial charge on any atom is 0.216 e. The molecule has 0 spiro atoms. The number of piperidine rings is 1. The second-order valence-electron chi connectivity index (χ2n) is 4.38. The SMILES string of the molecule is CC(C)S(=O)(=O)N1CC[C@H](N)[C@H](C)C1. The molecule has 0 aromatic rings. The van der Waals surface area contributed by atoms with Crippen LogP contribution in [0.15, 0.2) is 0 Å². The van der Waals surface area contributed by atoms with Crippen molar-refractivity contribution in [3.8, 4) is 0 Å². The third-order valence-electron chi connectivity index (χ3n) is 2.89. The predicted molar refractivity (Wildman–Crippen MR) is 57.4 cm³/mol. The van der Waals surface area contributed by atoms with Gasteiger partial charge in [0, 0.05) is 19.1 Å². The first-order valence-electron chi connectivity index (χ1n) is 5.10. The van der Waals surface area contributed by atoms with Gasteiger partial charge < -0.3 is 5.73 Å². The monoisotopic (exact) mass is 220 g/mol. The summed E-state index contributed by atoms with van der Waals surface area (Å²) in [6, 6.07) is 0.147. The Labute approximate surface area is 86.5 Å². The van der Waals surface area contributed by atoms with Crippen LogP contribution in [0.25, 0.3) is 0 Å². The van der Waals surface area contributed by atoms with Crippen LogP contribution in [-0.2, 0) is 10.0 Å². The first-order chi connectivity index (χ1) is 6.35. The molecule has 1 aliphatic rings. The number of rotatable bonds is 2. The van der Waals surface area contributed by atoms with Gasteiger partial charge in [0.15, 0.2) is 0 Å². The highest BCUT2D eigenvalue weighted by atomic mass is 32.2. The van der Waals surface area contributed by atoms with Gasteiger partial charge in [-0.15, -0.1) is 0 Å². The molecule has 2 atom stereocenters. The smallest absolute Gasteiger partial charge is 0.216 e. The molecule has 0 aromatic heterocycles. The van der Waals surface area contributed by atoms with E-state index in [4.69, 9.17) is 5.73 Å². The summed E-state index contributed by atoms with van der Waals surface area (Å²) >= 11 is 0. The minimum Gasteiger partial charge on any atom is -0.327 e. The molecule has 2 N–H and O–H groups in total. The lowest BCUT2D eigenvalue weighted by molar-refractivity contribution is 0.249. The van der Waals surface area contributed by atoms with Crippen LogP contribution in [0.4, 0.5) is 0 Å². The molecule has 5 heteroatoms. The summed E-state index contributed by atoms with van der Waals surface area (Å²) in [6.45, 7) is 6.59. The van der Waals surface area contributed by atoms with E-state index < -0.39 is 10.0 Å². The average Bonchev–Trinajstić information content (AvgIpc) is 2.09. The molecule has 14 heavy (non-hydrogen) atoms. The molecule has 1 aliphatic heterocycles. The Morgan fingerprint density at radius 2 is 2.00 bits per heavy atom. The van der Waals surface area contributed by atoms with Gasteiger partial charge in [0.05, 0.1) is 5.25 Å². The van der Waals surface area contributed by atoms with Gasteiger partial charge in [0.25, 0.3) is 0 Å². The van der Waals surface area contributed by atoms with E-state index in [0.29, 0.717) is 13.1 Å². The second-order valence-corrected chi connectivity index (χ2v) is 6.87. The minimum absolute atomic E-state index is 0.147. The van der Waals surface area contributed by atoms with Gasteiger partial charge in [-0.3, -0.25) is 0 Å². The van der Waals surface area contributed by atoms with E-state index in [9.17, 15) is 8.42 Å². The van der Waals surface area contributed by atoms with Gasteiger partial charge in [-0.1, -0.05) is 6.92 Å². The molecular formula is C9H20N2O2S. The molecule has 0 aromatic carbocycles. The number of nitrogens with zero attached hydrogens (tertiary/aromatic N) is 1. The Morgan fingerprint density at radius 3 is 2.43 bits per heavy atom. The van der Waals surface area contributed by atoms with Crippen molar-refractivity contribution in [2.45, 2.75) is 38.5 Å². The third kappa shape index (κ3) is 2.27. The van der Waals surface area contributed by atoms with Gasteiger partial charge in [-0.25, -0.2) is 12.7 Å². The van der Waals surface area contributed by atoms with Gasteiger partial charge in [-0.05, 0) is 26.2 Å². The lowest BCUT2D eigenvalue weighted by atomic mass is 9.96. The third-order valence-corrected chi connectivity index (χ3v) is 5.13. The topological polar surface area (TPSA) is 63.4 Å². The maximum atomic E-state index is 11.8. The molecule has 1 fully saturated rings. The van der Waals surface area contributed by atoms with E-state index in [1.807, 2.05) is 6.92 Å². The Hall–Kier alpha value is -0.130. The zero-order valence-corrected chi connectivity index (χ0v) is 9.92. The van der Waals surface area contributed by atoms with Crippen molar-refractivity contribution in [1.29, 1.82) is 0 Å². The lowest BCUT2D eigenvalue weighted by Crippen LogP contribution is -2.49. The summed E-state index contributed by atoms with van der Waals surface area (Å²) in [5.74, 6) is 0.261. The van der Waals surface area contributed by atoms with Crippen LogP contribution < -0.4 is 5.73 Å². The summed E-state index contributed by atoms with van der Waals surface area (Å²) in [7, 11) is -3.08. The molecular weight excluding hydrogens is 200 g/mol. The van der Waals surface area contributed by atoms with E-state index in [-0.39, 0.29) is 17.2 Å². The standard InChI is InChI=1S/C9H20N2O2S/c1-7(2)14(12,13)11-5-4-9(10)8(3)6-11/h7-9H,4-6,10H2,1-3H3/t8-,9+/m1/s1. The minimum atomic E-state index is -3.08. The van der Waals surface area contributed by atoms with E-state index in [2.05, 4.69) is 0 Å². The molecule has 1 saturated heterocycles. The van der Waals surface area contributed by atoms with E-state index in [1.165, 1.54) is 0 Å². The molecule has 0 unspecified atom stereocenters. The van der Waals surface area contributed by atoms with Gasteiger partial charge in [0.2, 0.25) is 10.0 Å². The largest absolute Gasteiger partial charge is 0.327 e. The van der Waals surface area contributed by atoms with Crippen molar-refractivity contribution in [2.75, 3.05) is 13.1 Å². The van der Waals surface area contributed by atoms with E-state index >= 15 is 0 Å². The van der Waals surface area contributed by atoms with Crippen LogP contribution in [0.5, 0.6) is 0 Å². The first kappa shape index (κ1) is 11.9. The van der Waals surface area contributed by atoms with Gasteiger partial charge >= 0.3 is 0 Å². The molecule has 1 rings (SSSR count). The summed E-state index contributed by atoms with van der Waals surface area (Å²) in [4.78, 5) is 0. The average molecular weight is 220 g/mol. The van der Waals surface area contributed by atoms with Crippen molar-refractivity contribution in [3.63, 3.8) is 0 Å². The molecule has 0 bridgehead atoms.